The number of hydrogen-bond acceptors (Lipinski definition) is 2. The second-order valence-electron chi connectivity index (χ2n) is 5.60. The second-order valence-corrected chi connectivity index (χ2v) is 5.60. The van der Waals surface area contributed by atoms with Gasteiger partial charge in [0.15, 0.2) is 5.78 Å². The lowest BCUT2D eigenvalue weighted by atomic mass is 9.94. The van der Waals surface area contributed by atoms with E-state index in [1.807, 2.05) is 0 Å². The van der Waals surface area contributed by atoms with Crippen LogP contribution in [0.1, 0.15) is 55.8 Å². The quantitative estimate of drug-likeness (QED) is 0.731. The van der Waals surface area contributed by atoms with Gasteiger partial charge >= 0.3 is 0 Å². The van der Waals surface area contributed by atoms with Crippen molar-refractivity contribution in [1.82, 2.24) is 4.90 Å². The molecule has 1 aromatic carbocycles. The molecule has 1 saturated carbocycles. The summed E-state index contributed by atoms with van der Waals surface area (Å²) < 4.78 is 13.1. The minimum absolute atomic E-state index is 0.0405. The topological polar surface area (TPSA) is 20.3 Å². The Bertz CT molecular complexity index is 440. The van der Waals surface area contributed by atoms with Gasteiger partial charge in [-0.25, -0.2) is 4.39 Å². The molecule has 0 atom stereocenters. The Balaban J connectivity index is 1.87. The van der Waals surface area contributed by atoms with Crippen molar-refractivity contribution >= 4 is 5.78 Å². The molecule has 0 aromatic heterocycles. The van der Waals surface area contributed by atoms with Gasteiger partial charge in [-0.1, -0.05) is 38.3 Å². The van der Waals surface area contributed by atoms with Crippen molar-refractivity contribution in [2.75, 3.05) is 13.1 Å². The number of halogens is 1. The van der Waals surface area contributed by atoms with Gasteiger partial charge in [0.2, 0.25) is 0 Å². The van der Waals surface area contributed by atoms with E-state index in [0.29, 0.717) is 18.0 Å². The SMILES string of the molecule is CCN(CCC(=O)c1cccc(F)c1)C1CCCCC1. The van der Waals surface area contributed by atoms with Crippen LogP contribution in [0.4, 0.5) is 4.39 Å². The van der Waals surface area contributed by atoms with E-state index in [1.54, 1.807) is 12.1 Å². The first-order valence-corrected chi connectivity index (χ1v) is 7.73. The van der Waals surface area contributed by atoms with E-state index in [9.17, 15) is 9.18 Å². The standard InChI is InChI=1S/C17H24FNO/c1-2-19(16-9-4-3-5-10-16)12-11-17(20)14-7-6-8-15(18)13-14/h6-8,13,16H,2-5,9-12H2,1H3. The lowest BCUT2D eigenvalue weighted by Crippen LogP contribution is -2.38. The van der Waals surface area contributed by atoms with Gasteiger partial charge in [0.25, 0.3) is 0 Å². The van der Waals surface area contributed by atoms with Crippen LogP contribution in [-0.4, -0.2) is 29.8 Å². The molecule has 0 radical (unpaired) electrons. The molecule has 0 saturated heterocycles. The fourth-order valence-corrected chi connectivity index (χ4v) is 3.10. The second kappa shape index (κ2) is 7.53. The van der Waals surface area contributed by atoms with Gasteiger partial charge in [-0.05, 0) is 31.5 Å². The third kappa shape index (κ3) is 4.14. The van der Waals surface area contributed by atoms with Crippen molar-refractivity contribution < 1.29 is 9.18 Å². The van der Waals surface area contributed by atoms with Gasteiger partial charge in [0, 0.05) is 24.6 Å². The van der Waals surface area contributed by atoms with E-state index >= 15 is 0 Å². The predicted octanol–water partition coefficient (Wildman–Crippen LogP) is 4.05. The summed E-state index contributed by atoms with van der Waals surface area (Å²) in [5.41, 5.74) is 0.490. The zero-order valence-electron chi connectivity index (χ0n) is 12.3. The molecule has 0 N–H and O–H groups in total. The number of Topliss-reactive ketones (excluding diaryl/α,β-unsaturated/α-hetero) is 1. The Morgan fingerprint density at radius 2 is 2.05 bits per heavy atom. The Kier molecular flexibility index (Phi) is 5.72. The highest BCUT2D eigenvalue weighted by atomic mass is 19.1. The maximum Gasteiger partial charge on any atom is 0.164 e. The van der Waals surface area contributed by atoms with Crippen LogP contribution in [0.25, 0.3) is 0 Å². The summed E-state index contributed by atoms with van der Waals surface area (Å²) in [7, 11) is 0. The van der Waals surface area contributed by atoms with Gasteiger partial charge in [0.1, 0.15) is 5.82 Å². The van der Waals surface area contributed by atoms with Crippen LogP contribution < -0.4 is 0 Å². The Morgan fingerprint density at radius 3 is 2.70 bits per heavy atom. The van der Waals surface area contributed by atoms with E-state index in [4.69, 9.17) is 0 Å². The van der Waals surface area contributed by atoms with Gasteiger partial charge < -0.3 is 4.90 Å². The van der Waals surface area contributed by atoms with Gasteiger partial charge in [-0.15, -0.1) is 0 Å². The number of ketones is 1. The molecule has 1 aliphatic rings. The van der Waals surface area contributed by atoms with Gasteiger partial charge in [-0.3, -0.25) is 4.79 Å². The van der Waals surface area contributed by atoms with Crippen molar-refractivity contribution in [1.29, 1.82) is 0 Å². The summed E-state index contributed by atoms with van der Waals surface area (Å²) in [5, 5.41) is 0. The highest BCUT2D eigenvalue weighted by molar-refractivity contribution is 5.96. The highest BCUT2D eigenvalue weighted by Crippen LogP contribution is 2.22. The average Bonchev–Trinajstić information content (AvgIpc) is 2.49. The summed E-state index contributed by atoms with van der Waals surface area (Å²) in [6.07, 6.45) is 6.94. The molecule has 2 rings (SSSR count). The molecule has 0 unspecified atom stereocenters. The Hall–Kier alpha value is -1.22. The first-order chi connectivity index (χ1) is 9.70. The molecule has 1 aliphatic carbocycles. The zero-order chi connectivity index (χ0) is 14.4. The lowest BCUT2D eigenvalue weighted by Gasteiger charge is -2.33. The Labute approximate surface area is 121 Å². The third-order valence-corrected chi connectivity index (χ3v) is 4.27. The molecule has 0 aliphatic heterocycles. The van der Waals surface area contributed by atoms with Crippen LogP contribution >= 0.6 is 0 Å². The number of carbonyl (C=O) groups excluding carboxylic acids is 1. The lowest BCUT2D eigenvalue weighted by molar-refractivity contribution is 0.0939. The van der Waals surface area contributed by atoms with Crippen molar-refractivity contribution in [2.24, 2.45) is 0 Å². The van der Waals surface area contributed by atoms with Crippen molar-refractivity contribution in [2.45, 2.75) is 51.5 Å². The average molecular weight is 277 g/mol. The largest absolute Gasteiger partial charge is 0.300 e. The van der Waals surface area contributed by atoms with Crippen LogP contribution in [0.2, 0.25) is 0 Å². The molecule has 1 fully saturated rings. The highest BCUT2D eigenvalue weighted by Gasteiger charge is 2.20. The number of hydrogen-bond donors (Lipinski definition) is 0. The number of carbonyl (C=O) groups is 1. The predicted molar refractivity (Wildman–Crippen MR) is 79.5 cm³/mol. The molecule has 2 nitrogen and oxygen atoms in total. The van der Waals surface area contributed by atoms with Crippen LogP contribution in [0, 0.1) is 5.82 Å². The summed E-state index contributed by atoms with van der Waals surface area (Å²) >= 11 is 0. The normalized spacial score (nSPS) is 16.6. The molecule has 0 bridgehead atoms. The summed E-state index contributed by atoms with van der Waals surface area (Å²) in [4.78, 5) is 14.5. The van der Waals surface area contributed by atoms with Crippen molar-refractivity contribution in [3.8, 4) is 0 Å². The maximum atomic E-state index is 13.1. The van der Waals surface area contributed by atoms with Crippen LogP contribution in [0.3, 0.4) is 0 Å². The van der Waals surface area contributed by atoms with E-state index < -0.39 is 0 Å². The number of nitrogens with zero attached hydrogens (tertiary/aromatic N) is 1. The zero-order valence-corrected chi connectivity index (χ0v) is 12.3. The fraction of sp³-hybridized carbons (Fsp3) is 0.588. The maximum absolute atomic E-state index is 13.1. The molecule has 20 heavy (non-hydrogen) atoms. The molecule has 0 heterocycles. The van der Waals surface area contributed by atoms with Crippen molar-refractivity contribution in [3.05, 3.63) is 35.6 Å². The van der Waals surface area contributed by atoms with E-state index in [0.717, 1.165) is 13.1 Å². The van der Waals surface area contributed by atoms with Crippen LogP contribution in [0.15, 0.2) is 24.3 Å². The van der Waals surface area contributed by atoms with E-state index in [2.05, 4.69) is 11.8 Å². The first kappa shape index (κ1) is 15.2. The van der Waals surface area contributed by atoms with Crippen LogP contribution in [-0.2, 0) is 0 Å². The molecule has 3 heteroatoms. The van der Waals surface area contributed by atoms with Crippen LogP contribution in [0.5, 0.6) is 0 Å². The summed E-state index contributed by atoms with van der Waals surface area (Å²) in [5.74, 6) is -0.297. The smallest absolute Gasteiger partial charge is 0.164 e. The molecular weight excluding hydrogens is 253 g/mol. The fourth-order valence-electron chi connectivity index (χ4n) is 3.10. The number of rotatable bonds is 6. The molecule has 1 aromatic rings. The minimum Gasteiger partial charge on any atom is -0.300 e. The third-order valence-electron chi connectivity index (χ3n) is 4.27. The first-order valence-electron chi connectivity index (χ1n) is 7.73. The monoisotopic (exact) mass is 277 g/mol. The number of benzene rings is 1. The molecular formula is C17H24FNO. The summed E-state index contributed by atoms with van der Waals surface area (Å²) in [6.45, 7) is 3.93. The van der Waals surface area contributed by atoms with Gasteiger partial charge in [0.05, 0.1) is 0 Å². The molecule has 0 amide bonds. The van der Waals surface area contributed by atoms with Gasteiger partial charge in [-0.2, -0.15) is 0 Å². The summed E-state index contributed by atoms with van der Waals surface area (Å²) in [6, 6.07) is 6.63. The van der Waals surface area contributed by atoms with E-state index in [-0.39, 0.29) is 11.6 Å². The Morgan fingerprint density at radius 1 is 1.30 bits per heavy atom. The van der Waals surface area contributed by atoms with E-state index in [1.165, 1.54) is 44.2 Å². The minimum atomic E-state index is -0.338. The molecule has 0 spiro atoms. The molecule has 110 valence electrons. The van der Waals surface area contributed by atoms with Crippen molar-refractivity contribution in [3.63, 3.8) is 0 Å².